The van der Waals surface area contributed by atoms with E-state index in [9.17, 15) is 8.42 Å². The Bertz CT molecular complexity index is 502. The highest BCUT2D eigenvalue weighted by Gasteiger charge is 2.30. The van der Waals surface area contributed by atoms with Crippen molar-refractivity contribution in [2.45, 2.75) is 49.6 Å². The maximum Gasteiger partial charge on any atom is 0.240 e. The molecule has 0 aliphatic heterocycles. The van der Waals surface area contributed by atoms with E-state index in [2.05, 4.69) is 18.6 Å². The van der Waals surface area contributed by atoms with E-state index in [4.69, 9.17) is 5.73 Å². The second-order valence-electron chi connectivity index (χ2n) is 5.27. The highest BCUT2D eigenvalue weighted by molar-refractivity contribution is 7.89. The number of hydrogen-bond donors (Lipinski definition) is 2. The van der Waals surface area contributed by atoms with Gasteiger partial charge in [-0.05, 0) is 36.5 Å². The zero-order chi connectivity index (χ0) is 13.3. The third-order valence-corrected chi connectivity index (χ3v) is 4.89. The van der Waals surface area contributed by atoms with Crippen LogP contribution in [0.3, 0.4) is 0 Å². The van der Waals surface area contributed by atoms with Crippen molar-refractivity contribution < 1.29 is 8.42 Å². The van der Waals surface area contributed by atoms with Crippen molar-refractivity contribution in [3.63, 3.8) is 0 Å². The topological polar surface area (TPSA) is 72.2 Å². The van der Waals surface area contributed by atoms with Crippen molar-refractivity contribution in [2.75, 3.05) is 0 Å². The molecule has 0 unspecified atom stereocenters. The molecular weight excluding hydrogens is 248 g/mol. The summed E-state index contributed by atoms with van der Waals surface area (Å²) in [5.74, 6) is 0.402. The van der Waals surface area contributed by atoms with Gasteiger partial charge in [0.05, 0.1) is 4.90 Å². The quantitative estimate of drug-likeness (QED) is 0.870. The van der Waals surface area contributed by atoms with Crippen molar-refractivity contribution in [2.24, 2.45) is 5.73 Å². The van der Waals surface area contributed by atoms with Gasteiger partial charge in [0.25, 0.3) is 0 Å². The summed E-state index contributed by atoms with van der Waals surface area (Å²) in [5.41, 5.74) is 6.78. The van der Waals surface area contributed by atoms with Gasteiger partial charge in [0.1, 0.15) is 0 Å². The van der Waals surface area contributed by atoms with Gasteiger partial charge in [-0.3, -0.25) is 0 Å². The Hall–Kier alpha value is -0.910. The average Bonchev–Trinajstić information content (AvgIpc) is 2.27. The largest absolute Gasteiger partial charge is 0.328 e. The summed E-state index contributed by atoms with van der Waals surface area (Å²) in [6.07, 6.45) is 1.45. The molecule has 4 nitrogen and oxygen atoms in total. The third kappa shape index (κ3) is 2.91. The summed E-state index contributed by atoms with van der Waals surface area (Å²) < 4.78 is 26.8. The SMILES string of the molecule is CC(C)c1ccc(S(=O)(=O)NC2CC(N)C2)cc1. The smallest absolute Gasteiger partial charge is 0.240 e. The van der Waals surface area contributed by atoms with Gasteiger partial charge in [-0.2, -0.15) is 0 Å². The molecule has 2 rings (SSSR count). The Kier molecular flexibility index (Phi) is 3.75. The highest BCUT2D eigenvalue weighted by Crippen LogP contribution is 2.21. The summed E-state index contributed by atoms with van der Waals surface area (Å²) in [5, 5.41) is 0. The van der Waals surface area contributed by atoms with E-state index in [1.807, 2.05) is 12.1 Å². The first-order chi connectivity index (χ1) is 8.38. The fourth-order valence-corrected chi connectivity index (χ4v) is 3.34. The molecule has 0 atom stereocenters. The number of benzene rings is 1. The van der Waals surface area contributed by atoms with Crippen molar-refractivity contribution in [3.05, 3.63) is 29.8 Å². The minimum atomic E-state index is -3.39. The molecule has 1 aromatic rings. The molecule has 1 aliphatic rings. The molecule has 0 radical (unpaired) electrons. The predicted octanol–water partition coefficient (Wildman–Crippen LogP) is 1.58. The van der Waals surface area contributed by atoms with Crippen molar-refractivity contribution in [1.82, 2.24) is 4.72 Å². The maximum absolute atomic E-state index is 12.1. The molecule has 1 fully saturated rings. The van der Waals surface area contributed by atoms with Gasteiger partial charge < -0.3 is 5.73 Å². The lowest BCUT2D eigenvalue weighted by Crippen LogP contribution is -2.50. The summed E-state index contributed by atoms with van der Waals surface area (Å²) in [6.45, 7) is 4.16. The molecule has 3 N–H and O–H groups in total. The number of nitrogens with one attached hydrogen (secondary N) is 1. The van der Waals surface area contributed by atoms with E-state index < -0.39 is 10.0 Å². The van der Waals surface area contributed by atoms with E-state index in [1.54, 1.807) is 12.1 Å². The second kappa shape index (κ2) is 4.99. The molecule has 1 aromatic carbocycles. The average molecular weight is 268 g/mol. The van der Waals surface area contributed by atoms with E-state index in [0.717, 1.165) is 18.4 Å². The molecule has 0 saturated heterocycles. The zero-order valence-electron chi connectivity index (χ0n) is 10.8. The molecule has 0 bridgehead atoms. The fourth-order valence-electron chi connectivity index (χ4n) is 2.08. The first-order valence-electron chi connectivity index (χ1n) is 6.26. The Morgan fingerprint density at radius 3 is 2.22 bits per heavy atom. The summed E-state index contributed by atoms with van der Waals surface area (Å²) in [4.78, 5) is 0.326. The van der Waals surface area contributed by atoms with Crippen LogP contribution in [0, 0.1) is 0 Å². The summed E-state index contributed by atoms with van der Waals surface area (Å²) in [6, 6.07) is 7.19. The van der Waals surface area contributed by atoms with Gasteiger partial charge in [0.15, 0.2) is 0 Å². The predicted molar refractivity (Wildman–Crippen MR) is 71.8 cm³/mol. The Labute approximate surface area is 109 Å². The van der Waals surface area contributed by atoms with Crippen LogP contribution in [0.25, 0.3) is 0 Å². The molecule has 0 amide bonds. The molecular formula is C13H20N2O2S. The van der Waals surface area contributed by atoms with E-state index in [1.165, 1.54) is 0 Å². The maximum atomic E-state index is 12.1. The lowest BCUT2D eigenvalue weighted by Gasteiger charge is -2.32. The van der Waals surface area contributed by atoms with Gasteiger partial charge in [0.2, 0.25) is 10.0 Å². The minimum absolute atomic E-state index is 0.00484. The molecule has 18 heavy (non-hydrogen) atoms. The van der Waals surface area contributed by atoms with Crippen LogP contribution in [0.15, 0.2) is 29.2 Å². The Morgan fingerprint density at radius 1 is 1.22 bits per heavy atom. The fraction of sp³-hybridized carbons (Fsp3) is 0.538. The number of rotatable bonds is 4. The molecule has 5 heteroatoms. The second-order valence-corrected chi connectivity index (χ2v) is 6.99. The van der Waals surface area contributed by atoms with E-state index in [0.29, 0.717) is 10.8 Å². The standard InChI is InChI=1S/C13H20N2O2S/c1-9(2)10-3-5-13(6-4-10)18(16,17)15-12-7-11(14)8-12/h3-6,9,11-12,15H,7-8,14H2,1-2H3. The molecule has 1 aliphatic carbocycles. The molecule has 0 spiro atoms. The van der Waals surface area contributed by atoms with Gasteiger partial charge >= 0.3 is 0 Å². The molecule has 1 saturated carbocycles. The monoisotopic (exact) mass is 268 g/mol. The van der Waals surface area contributed by atoms with Crippen LogP contribution in [0.1, 0.15) is 38.2 Å². The van der Waals surface area contributed by atoms with Crippen LogP contribution in [0.5, 0.6) is 0 Å². The van der Waals surface area contributed by atoms with Crippen LogP contribution in [0.4, 0.5) is 0 Å². The van der Waals surface area contributed by atoms with Crippen LogP contribution >= 0.6 is 0 Å². The highest BCUT2D eigenvalue weighted by atomic mass is 32.2. The van der Waals surface area contributed by atoms with Crippen molar-refractivity contribution in [1.29, 1.82) is 0 Å². The van der Waals surface area contributed by atoms with Gasteiger partial charge in [-0.25, -0.2) is 13.1 Å². The van der Waals surface area contributed by atoms with E-state index >= 15 is 0 Å². The van der Waals surface area contributed by atoms with Crippen LogP contribution in [0.2, 0.25) is 0 Å². The molecule has 0 aromatic heterocycles. The van der Waals surface area contributed by atoms with Crippen LogP contribution < -0.4 is 10.5 Å². The first-order valence-corrected chi connectivity index (χ1v) is 7.74. The zero-order valence-corrected chi connectivity index (χ0v) is 11.6. The van der Waals surface area contributed by atoms with Crippen molar-refractivity contribution >= 4 is 10.0 Å². The summed E-state index contributed by atoms with van der Waals surface area (Å²) >= 11 is 0. The summed E-state index contributed by atoms with van der Waals surface area (Å²) in [7, 11) is -3.39. The van der Waals surface area contributed by atoms with Gasteiger partial charge in [0, 0.05) is 12.1 Å². The van der Waals surface area contributed by atoms with Crippen LogP contribution in [-0.2, 0) is 10.0 Å². The number of hydrogen-bond acceptors (Lipinski definition) is 3. The molecule has 100 valence electrons. The number of sulfonamides is 1. The van der Waals surface area contributed by atoms with Gasteiger partial charge in [-0.15, -0.1) is 0 Å². The third-order valence-electron chi connectivity index (χ3n) is 3.35. The normalized spacial score (nSPS) is 24.0. The Balaban J connectivity index is 2.09. The lowest BCUT2D eigenvalue weighted by molar-refractivity contribution is 0.327. The minimum Gasteiger partial charge on any atom is -0.328 e. The van der Waals surface area contributed by atoms with E-state index in [-0.39, 0.29) is 12.1 Å². The van der Waals surface area contributed by atoms with Crippen LogP contribution in [-0.4, -0.2) is 20.5 Å². The number of nitrogens with two attached hydrogens (primary N) is 1. The Morgan fingerprint density at radius 2 is 1.78 bits per heavy atom. The van der Waals surface area contributed by atoms with Crippen molar-refractivity contribution in [3.8, 4) is 0 Å². The van der Waals surface area contributed by atoms with Gasteiger partial charge in [-0.1, -0.05) is 26.0 Å². The molecule has 0 heterocycles. The first kappa shape index (κ1) is 13.5. The lowest BCUT2D eigenvalue weighted by atomic mass is 9.89.